The van der Waals surface area contributed by atoms with Crippen LogP contribution in [0.3, 0.4) is 0 Å². The van der Waals surface area contributed by atoms with Crippen molar-refractivity contribution in [2.24, 2.45) is 5.73 Å². The maximum Gasteiger partial charge on any atom is 0.171 e. The van der Waals surface area contributed by atoms with E-state index in [2.05, 4.69) is 14.8 Å². The largest absolute Gasteiger partial charge is 0.487 e. The van der Waals surface area contributed by atoms with E-state index in [9.17, 15) is 0 Å². The smallest absolute Gasteiger partial charge is 0.171 e. The minimum Gasteiger partial charge on any atom is -0.487 e. The van der Waals surface area contributed by atoms with Gasteiger partial charge in [0, 0.05) is 25.8 Å². The first-order valence-electron chi connectivity index (χ1n) is 7.99. The lowest BCUT2D eigenvalue weighted by Gasteiger charge is -2.25. The molecule has 5 nitrogen and oxygen atoms in total. The SMILES string of the molecule is CC(C)Oc1cccnc1N1CCCN(CCCN)CC1. The van der Waals surface area contributed by atoms with E-state index in [1.165, 1.54) is 0 Å². The van der Waals surface area contributed by atoms with Crippen LogP contribution in [0.4, 0.5) is 5.82 Å². The second-order valence-electron chi connectivity index (χ2n) is 5.82. The van der Waals surface area contributed by atoms with Crippen molar-refractivity contribution in [3.05, 3.63) is 18.3 Å². The highest BCUT2D eigenvalue weighted by Crippen LogP contribution is 2.27. The Morgan fingerprint density at radius 1 is 1.29 bits per heavy atom. The topological polar surface area (TPSA) is 54.6 Å². The summed E-state index contributed by atoms with van der Waals surface area (Å²) < 4.78 is 5.90. The van der Waals surface area contributed by atoms with E-state index in [0.717, 1.165) is 63.7 Å². The molecule has 1 aliphatic rings. The lowest BCUT2D eigenvalue weighted by Crippen LogP contribution is -2.32. The average molecular weight is 292 g/mol. The summed E-state index contributed by atoms with van der Waals surface area (Å²) in [7, 11) is 0. The van der Waals surface area contributed by atoms with Gasteiger partial charge in [0.2, 0.25) is 0 Å². The summed E-state index contributed by atoms with van der Waals surface area (Å²) in [5.41, 5.74) is 5.61. The summed E-state index contributed by atoms with van der Waals surface area (Å²) in [5.74, 6) is 1.87. The van der Waals surface area contributed by atoms with Crippen LogP contribution in [-0.2, 0) is 0 Å². The molecule has 0 radical (unpaired) electrons. The van der Waals surface area contributed by atoms with Gasteiger partial charge in [-0.2, -0.15) is 0 Å². The van der Waals surface area contributed by atoms with Crippen molar-refractivity contribution in [1.29, 1.82) is 0 Å². The highest BCUT2D eigenvalue weighted by atomic mass is 16.5. The summed E-state index contributed by atoms with van der Waals surface area (Å²) in [6, 6.07) is 3.95. The first-order valence-corrected chi connectivity index (χ1v) is 7.99. The second-order valence-corrected chi connectivity index (χ2v) is 5.82. The molecule has 118 valence electrons. The third kappa shape index (κ3) is 4.86. The number of hydrogen-bond donors (Lipinski definition) is 1. The summed E-state index contributed by atoms with van der Waals surface area (Å²) >= 11 is 0. The van der Waals surface area contributed by atoms with Gasteiger partial charge in [0.1, 0.15) is 0 Å². The van der Waals surface area contributed by atoms with E-state index in [1.807, 2.05) is 32.2 Å². The van der Waals surface area contributed by atoms with Gasteiger partial charge in [0.25, 0.3) is 0 Å². The lowest BCUT2D eigenvalue weighted by molar-refractivity contribution is 0.242. The molecule has 1 aromatic rings. The fourth-order valence-electron chi connectivity index (χ4n) is 2.69. The van der Waals surface area contributed by atoms with Gasteiger partial charge in [-0.05, 0) is 58.5 Å². The fourth-order valence-corrected chi connectivity index (χ4v) is 2.69. The van der Waals surface area contributed by atoms with Crippen LogP contribution in [0.2, 0.25) is 0 Å². The Kier molecular flexibility index (Phi) is 6.26. The summed E-state index contributed by atoms with van der Waals surface area (Å²) in [4.78, 5) is 9.39. The molecule has 1 saturated heterocycles. The molecule has 1 aliphatic heterocycles. The Labute approximate surface area is 128 Å². The number of nitrogens with zero attached hydrogens (tertiary/aromatic N) is 3. The van der Waals surface area contributed by atoms with E-state index >= 15 is 0 Å². The van der Waals surface area contributed by atoms with Crippen molar-refractivity contribution in [3.63, 3.8) is 0 Å². The van der Waals surface area contributed by atoms with Gasteiger partial charge in [0.05, 0.1) is 6.10 Å². The predicted molar refractivity (Wildman–Crippen MR) is 86.9 cm³/mol. The highest BCUT2D eigenvalue weighted by molar-refractivity contribution is 5.52. The van der Waals surface area contributed by atoms with Gasteiger partial charge in [-0.1, -0.05) is 0 Å². The predicted octanol–water partition coefficient (Wildman–Crippen LogP) is 1.73. The fraction of sp³-hybridized carbons (Fsp3) is 0.688. The Bertz CT molecular complexity index is 424. The molecule has 5 heteroatoms. The van der Waals surface area contributed by atoms with Crippen LogP contribution in [0.25, 0.3) is 0 Å². The molecule has 1 fully saturated rings. The molecule has 2 rings (SSSR count). The molecule has 0 spiro atoms. The third-order valence-corrected chi connectivity index (χ3v) is 3.68. The molecule has 0 saturated carbocycles. The zero-order valence-electron chi connectivity index (χ0n) is 13.3. The van der Waals surface area contributed by atoms with Crippen molar-refractivity contribution >= 4 is 5.82 Å². The number of nitrogens with two attached hydrogens (primary N) is 1. The molecular weight excluding hydrogens is 264 g/mol. The van der Waals surface area contributed by atoms with Crippen LogP contribution in [0.5, 0.6) is 5.75 Å². The van der Waals surface area contributed by atoms with Gasteiger partial charge in [-0.3, -0.25) is 0 Å². The van der Waals surface area contributed by atoms with Gasteiger partial charge in [-0.15, -0.1) is 0 Å². The molecule has 1 aromatic heterocycles. The van der Waals surface area contributed by atoms with Crippen LogP contribution in [0.1, 0.15) is 26.7 Å². The van der Waals surface area contributed by atoms with E-state index in [4.69, 9.17) is 10.5 Å². The number of aromatic nitrogens is 1. The molecule has 0 atom stereocenters. The van der Waals surface area contributed by atoms with E-state index in [-0.39, 0.29) is 6.10 Å². The minimum absolute atomic E-state index is 0.168. The first-order chi connectivity index (χ1) is 10.2. The van der Waals surface area contributed by atoms with Gasteiger partial charge in [0.15, 0.2) is 11.6 Å². The van der Waals surface area contributed by atoms with Crippen molar-refractivity contribution in [2.75, 3.05) is 44.2 Å². The van der Waals surface area contributed by atoms with Crippen molar-refractivity contribution in [3.8, 4) is 5.75 Å². The van der Waals surface area contributed by atoms with Crippen molar-refractivity contribution in [2.45, 2.75) is 32.8 Å². The summed E-state index contributed by atoms with van der Waals surface area (Å²) in [5, 5.41) is 0. The maximum absolute atomic E-state index is 5.90. The van der Waals surface area contributed by atoms with Crippen LogP contribution < -0.4 is 15.4 Å². The number of rotatable bonds is 6. The Morgan fingerprint density at radius 3 is 2.90 bits per heavy atom. The molecule has 0 aromatic carbocycles. The van der Waals surface area contributed by atoms with Crippen molar-refractivity contribution in [1.82, 2.24) is 9.88 Å². The van der Waals surface area contributed by atoms with Crippen molar-refractivity contribution < 1.29 is 4.74 Å². The van der Waals surface area contributed by atoms with E-state index < -0.39 is 0 Å². The normalized spacial score (nSPS) is 17.0. The zero-order chi connectivity index (χ0) is 15.1. The molecule has 0 bridgehead atoms. The Hall–Kier alpha value is -1.33. The zero-order valence-corrected chi connectivity index (χ0v) is 13.3. The monoisotopic (exact) mass is 292 g/mol. The molecule has 0 aliphatic carbocycles. The molecule has 2 N–H and O–H groups in total. The van der Waals surface area contributed by atoms with Gasteiger partial charge >= 0.3 is 0 Å². The lowest BCUT2D eigenvalue weighted by atomic mass is 10.3. The molecule has 21 heavy (non-hydrogen) atoms. The number of pyridine rings is 1. The molecule has 2 heterocycles. The van der Waals surface area contributed by atoms with Gasteiger partial charge in [-0.25, -0.2) is 4.98 Å². The van der Waals surface area contributed by atoms with Crippen LogP contribution in [0, 0.1) is 0 Å². The standard InChI is InChI=1S/C16H28N4O/c1-14(2)21-15-6-3-8-18-16(15)20-11-5-10-19(12-13-20)9-4-7-17/h3,6,8,14H,4-5,7,9-13,17H2,1-2H3. The minimum atomic E-state index is 0.168. The third-order valence-electron chi connectivity index (χ3n) is 3.68. The van der Waals surface area contributed by atoms with E-state index in [1.54, 1.807) is 0 Å². The second kappa shape index (κ2) is 8.20. The number of ether oxygens (including phenoxy) is 1. The Balaban J connectivity index is 2.01. The van der Waals surface area contributed by atoms with Crippen LogP contribution in [-0.4, -0.2) is 55.3 Å². The maximum atomic E-state index is 5.90. The molecular formula is C16H28N4O. The molecule has 0 amide bonds. The highest BCUT2D eigenvalue weighted by Gasteiger charge is 2.19. The van der Waals surface area contributed by atoms with Crippen LogP contribution in [0.15, 0.2) is 18.3 Å². The number of anilines is 1. The molecule has 0 unspecified atom stereocenters. The Morgan fingerprint density at radius 2 is 2.14 bits per heavy atom. The first kappa shape index (κ1) is 16.0. The summed E-state index contributed by atoms with van der Waals surface area (Å²) in [6.45, 7) is 10.2. The summed E-state index contributed by atoms with van der Waals surface area (Å²) in [6.07, 6.45) is 4.24. The average Bonchev–Trinajstić information content (AvgIpc) is 2.70. The van der Waals surface area contributed by atoms with Gasteiger partial charge < -0.3 is 20.3 Å². The van der Waals surface area contributed by atoms with E-state index in [0.29, 0.717) is 0 Å². The quantitative estimate of drug-likeness (QED) is 0.865. The van der Waals surface area contributed by atoms with Crippen LogP contribution >= 0.6 is 0 Å². The number of hydrogen-bond acceptors (Lipinski definition) is 5.